The average molecular weight is 386 g/mol. The molecule has 0 radical (unpaired) electrons. The van der Waals surface area contributed by atoms with Crippen LogP contribution in [0.15, 0.2) is 30.5 Å². The van der Waals surface area contributed by atoms with Crippen LogP contribution in [0.25, 0.3) is 11.3 Å². The van der Waals surface area contributed by atoms with Crippen LogP contribution in [0.3, 0.4) is 0 Å². The molecular formula is C18H23FN8O. The Morgan fingerprint density at radius 2 is 2.07 bits per heavy atom. The van der Waals surface area contributed by atoms with Crippen molar-refractivity contribution in [2.24, 2.45) is 0 Å². The second-order valence-electron chi connectivity index (χ2n) is 6.82. The Morgan fingerprint density at radius 1 is 1.32 bits per heavy atom. The number of amides is 1. The lowest BCUT2D eigenvalue weighted by atomic mass is 10.1. The topological polar surface area (TPSA) is 105 Å². The van der Waals surface area contributed by atoms with Crippen molar-refractivity contribution < 1.29 is 9.18 Å². The highest BCUT2D eigenvalue weighted by molar-refractivity contribution is 5.76. The molecule has 2 aromatic heterocycles. The molecule has 0 atom stereocenters. The molecule has 0 spiro atoms. The van der Waals surface area contributed by atoms with Gasteiger partial charge in [-0.05, 0) is 55.6 Å². The van der Waals surface area contributed by atoms with E-state index in [1.54, 1.807) is 18.3 Å². The summed E-state index contributed by atoms with van der Waals surface area (Å²) < 4.78 is 14.6. The number of nitrogens with zero attached hydrogens (tertiary/aromatic N) is 6. The molecule has 0 aliphatic carbocycles. The normalized spacial score (nSPS) is 11.4. The van der Waals surface area contributed by atoms with Crippen molar-refractivity contribution in [3.05, 3.63) is 47.7 Å². The van der Waals surface area contributed by atoms with Gasteiger partial charge in [0.1, 0.15) is 12.4 Å². The zero-order valence-corrected chi connectivity index (χ0v) is 16.1. The molecule has 0 saturated carbocycles. The quantitative estimate of drug-likeness (QED) is 0.606. The molecule has 0 unspecified atom stereocenters. The van der Waals surface area contributed by atoms with E-state index in [1.165, 1.54) is 16.8 Å². The Bertz CT molecular complexity index is 918. The van der Waals surface area contributed by atoms with Crippen LogP contribution in [0.4, 0.5) is 4.39 Å². The van der Waals surface area contributed by atoms with Crippen molar-refractivity contribution in [2.45, 2.75) is 39.5 Å². The fraction of sp³-hybridized carbons (Fsp3) is 0.389. The van der Waals surface area contributed by atoms with Crippen molar-refractivity contribution >= 4 is 5.91 Å². The van der Waals surface area contributed by atoms with Crippen molar-refractivity contribution in [1.82, 2.24) is 40.6 Å². The standard InChI is InChI=1S/C18H23FN8O/c1-12(2)26(3)10-16-22-24-25-27(16)11-17(28)20-8-14-9-21-23-18(14)13-4-6-15(19)7-5-13/h4-7,9,12H,8,10-11H2,1-3H3,(H,20,28)(H,21,23). The second kappa shape index (κ2) is 8.70. The van der Waals surface area contributed by atoms with Crippen molar-refractivity contribution in [1.29, 1.82) is 0 Å². The Labute approximate surface area is 161 Å². The molecular weight excluding hydrogens is 363 g/mol. The highest BCUT2D eigenvalue weighted by Crippen LogP contribution is 2.21. The number of aromatic nitrogens is 6. The van der Waals surface area contributed by atoms with Gasteiger partial charge in [-0.1, -0.05) is 0 Å². The van der Waals surface area contributed by atoms with E-state index in [2.05, 4.69) is 49.8 Å². The average Bonchev–Trinajstić information content (AvgIpc) is 3.30. The maximum absolute atomic E-state index is 13.1. The van der Waals surface area contributed by atoms with Gasteiger partial charge in [0.25, 0.3) is 0 Å². The third-order valence-electron chi connectivity index (χ3n) is 4.50. The lowest BCUT2D eigenvalue weighted by Gasteiger charge is -2.19. The van der Waals surface area contributed by atoms with Gasteiger partial charge in [0, 0.05) is 23.7 Å². The molecule has 0 saturated heterocycles. The first-order chi connectivity index (χ1) is 13.4. The number of rotatable bonds is 8. The summed E-state index contributed by atoms with van der Waals surface area (Å²) in [4.78, 5) is 14.4. The van der Waals surface area contributed by atoms with E-state index in [0.29, 0.717) is 18.4 Å². The van der Waals surface area contributed by atoms with Crippen LogP contribution in [0, 0.1) is 5.82 Å². The number of tetrazole rings is 1. The Hall–Kier alpha value is -3.14. The first kappa shape index (κ1) is 19.6. The van der Waals surface area contributed by atoms with Gasteiger partial charge >= 0.3 is 0 Å². The van der Waals surface area contributed by atoms with Crippen molar-refractivity contribution in [2.75, 3.05) is 7.05 Å². The number of benzene rings is 1. The van der Waals surface area contributed by atoms with Crippen LogP contribution in [0.2, 0.25) is 0 Å². The molecule has 3 rings (SSSR count). The van der Waals surface area contributed by atoms with Crippen LogP contribution in [-0.4, -0.2) is 54.3 Å². The highest BCUT2D eigenvalue weighted by atomic mass is 19.1. The third kappa shape index (κ3) is 4.77. The van der Waals surface area contributed by atoms with Gasteiger partial charge < -0.3 is 5.32 Å². The molecule has 1 aromatic carbocycles. The smallest absolute Gasteiger partial charge is 0.242 e. The van der Waals surface area contributed by atoms with E-state index in [0.717, 1.165) is 16.8 Å². The predicted molar refractivity (Wildman–Crippen MR) is 100 cm³/mol. The number of hydrogen-bond acceptors (Lipinski definition) is 6. The summed E-state index contributed by atoms with van der Waals surface area (Å²) in [5, 5.41) is 21.3. The Morgan fingerprint density at radius 3 is 2.79 bits per heavy atom. The molecule has 0 aliphatic rings. The molecule has 10 heteroatoms. The number of hydrogen-bond donors (Lipinski definition) is 2. The maximum atomic E-state index is 13.1. The second-order valence-corrected chi connectivity index (χ2v) is 6.82. The summed E-state index contributed by atoms with van der Waals surface area (Å²) in [5.41, 5.74) is 2.33. The van der Waals surface area contributed by atoms with E-state index in [4.69, 9.17) is 0 Å². The fourth-order valence-electron chi connectivity index (χ4n) is 2.56. The molecule has 28 heavy (non-hydrogen) atoms. The van der Waals surface area contributed by atoms with Crippen LogP contribution in [0.1, 0.15) is 25.2 Å². The summed E-state index contributed by atoms with van der Waals surface area (Å²) in [7, 11) is 1.97. The summed E-state index contributed by atoms with van der Waals surface area (Å²) in [6, 6.07) is 6.42. The summed E-state index contributed by atoms with van der Waals surface area (Å²) in [6.45, 7) is 5.01. The van der Waals surface area contributed by atoms with Gasteiger partial charge in [-0.2, -0.15) is 5.10 Å². The summed E-state index contributed by atoms with van der Waals surface area (Å²) in [5.74, 6) is 0.104. The van der Waals surface area contributed by atoms with Gasteiger partial charge in [0.2, 0.25) is 5.91 Å². The molecule has 0 bridgehead atoms. The molecule has 2 N–H and O–H groups in total. The monoisotopic (exact) mass is 386 g/mol. The first-order valence-electron chi connectivity index (χ1n) is 8.94. The van der Waals surface area contributed by atoms with Crippen molar-refractivity contribution in [3.8, 4) is 11.3 Å². The minimum absolute atomic E-state index is 0.0258. The largest absolute Gasteiger partial charge is 0.350 e. The first-order valence-corrected chi connectivity index (χ1v) is 8.94. The number of carbonyl (C=O) groups is 1. The molecule has 0 aliphatic heterocycles. The number of halogens is 1. The predicted octanol–water partition coefficient (Wildman–Crippen LogP) is 1.36. The van der Waals surface area contributed by atoms with E-state index in [1.807, 2.05) is 7.05 Å². The van der Waals surface area contributed by atoms with Gasteiger partial charge in [-0.25, -0.2) is 9.07 Å². The molecule has 3 aromatic rings. The van der Waals surface area contributed by atoms with E-state index in [9.17, 15) is 9.18 Å². The zero-order chi connectivity index (χ0) is 20.1. The molecule has 0 fully saturated rings. The SMILES string of the molecule is CC(C)N(C)Cc1nnnn1CC(=O)NCc1cn[nH]c1-c1ccc(F)cc1. The minimum Gasteiger partial charge on any atom is -0.350 e. The van der Waals surface area contributed by atoms with E-state index >= 15 is 0 Å². The molecule has 1 amide bonds. The van der Waals surface area contributed by atoms with Crippen LogP contribution >= 0.6 is 0 Å². The zero-order valence-electron chi connectivity index (χ0n) is 16.1. The van der Waals surface area contributed by atoms with Crippen LogP contribution in [-0.2, 0) is 24.4 Å². The van der Waals surface area contributed by atoms with Gasteiger partial charge in [-0.3, -0.25) is 14.8 Å². The third-order valence-corrected chi connectivity index (χ3v) is 4.50. The lowest BCUT2D eigenvalue weighted by molar-refractivity contribution is -0.122. The van der Waals surface area contributed by atoms with E-state index in [-0.39, 0.29) is 24.8 Å². The van der Waals surface area contributed by atoms with Crippen LogP contribution in [0.5, 0.6) is 0 Å². The van der Waals surface area contributed by atoms with Crippen molar-refractivity contribution in [3.63, 3.8) is 0 Å². The Kier molecular flexibility index (Phi) is 6.09. The summed E-state index contributed by atoms with van der Waals surface area (Å²) >= 11 is 0. The van der Waals surface area contributed by atoms with Crippen LogP contribution < -0.4 is 5.32 Å². The molecule has 2 heterocycles. The fourth-order valence-corrected chi connectivity index (χ4v) is 2.56. The number of nitrogens with one attached hydrogen (secondary N) is 2. The Balaban J connectivity index is 1.60. The van der Waals surface area contributed by atoms with E-state index < -0.39 is 0 Å². The maximum Gasteiger partial charge on any atom is 0.242 e. The van der Waals surface area contributed by atoms with Gasteiger partial charge in [0.15, 0.2) is 5.82 Å². The van der Waals surface area contributed by atoms with Gasteiger partial charge in [0.05, 0.1) is 18.4 Å². The number of H-pyrrole nitrogens is 1. The number of carbonyl (C=O) groups excluding carboxylic acids is 1. The molecule has 9 nitrogen and oxygen atoms in total. The molecule has 148 valence electrons. The highest BCUT2D eigenvalue weighted by Gasteiger charge is 2.15. The summed E-state index contributed by atoms with van der Waals surface area (Å²) in [6.07, 6.45) is 1.64. The minimum atomic E-state index is -0.307. The van der Waals surface area contributed by atoms with Gasteiger partial charge in [-0.15, -0.1) is 5.10 Å². The lowest BCUT2D eigenvalue weighted by Crippen LogP contribution is -2.31. The number of aromatic amines is 1.